The minimum atomic E-state index is -0.192. The largest absolute Gasteiger partial charge is 0.492 e. The number of fused-ring (bicyclic) bond motifs is 1. The van der Waals surface area contributed by atoms with E-state index in [0.717, 1.165) is 49.7 Å². The van der Waals surface area contributed by atoms with Gasteiger partial charge in [0.25, 0.3) is 5.91 Å². The molecule has 1 aliphatic heterocycles. The molecule has 1 saturated heterocycles. The van der Waals surface area contributed by atoms with Gasteiger partial charge in [-0.25, -0.2) is 9.97 Å². The first kappa shape index (κ1) is 24.5. The van der Waals surface area contributed by atoms with Crippen LogP contribution in [0.2, 0.25) is 0 Å². The fraction of sp³-hybridized carbons (Fsp3) is 0.296. The number of carbonyl (C=O) groups excluding carboxylic acids is 1. The number of amides is 1. The standard InChI is InChI=1S/C27H29N5O5/c1-18-26(27(33)28-2)22-7-6-21(15-23(22)36-18)37-25-16-24(29-17-30-25)31-19-4-3-5-20(14-19)35-13-10-32-8-11-34-12-9-32/h3-7,14-17H,8-13H2,1-2H3,(H,28,33)(H,29,30,31). The van der Waals surface area contributed by atoms with Crippen molar-refractivity contribution in [2.75, 3.05) is 51.8 Å². The number of hydrogen-bond acceptors (Lipinski definition) is 9. The van der Waals surface area contributed by atoms with Crippen LogP contribution in [-0.2, 0) is 4.74 Å². The van der Waals surface area contributed by atoms with E-state index in [1.54, 1.807) is 38.2 Å². The predicted octanol–water partition coefficient (Wildman–Crippen LogP) is 4.14. The molecule has 37 heavy (non-hydrogen) atoms. The van der Waals surface area contributed by atoms with Crippen molar-refractivity contribution in [1.82, 2.24) is 20.2 Å². The van der Waals surface area contributed by atoms with Gasteiger partial charge >= 0.3 is 0 Å². The molecule has 2 aromatic carbocycles. The van der Waals surface area contributed by atoms with Crippen molar-refractivity contribution in [3.05, 3.63) is 66.2 Å². The Bertz CT molecular complexity index is 1380. The summed E-state index contributed by atoms with van der Waals surface area (Å²) in [4.78, 5) is 23.0. The SMILES string of the molecule is CNC(=O)c1c(C)oc2cc(Oc3cc(Nc4cccc(OCCN5CCOCC5)c4)ncn3)ccc12. The Kier molecular flexibility index (Phi) is 7.48. The number of aromatic nitrogens is 2. The van der Waals surface area contributed by atoms with Crippen LogP contribution in [0.15, 0.2) is 59.3 Å². The van der Waals surface area contributed by atoms with E-state index in [0.29, 0.717) is 41.0 Å². The summed E-state index contributed by atoms with van der Waals surface area (Å²) in [6.07, 6.45) is 1.43. The topological polar surface area (TPSA) is 111 Å². The van der Waals surface area contributed by atoms with Crippen LogP contribution in [0.1, 0.15) is 16.1 Å². The smallest absolute Gasteiger partial charge is 0.255 e. The number of nitrogens with one attached hydrogen (secondary N) is 2. The zero-order valence-electron chi connectivity index (χ0n) is 20.8. The number of furan rings is 1. The molecular formula is C27H29N5O5. The van der Waals surface area contributed by atoms with Gasteiger partial charge < -0.3 is 29.3 Å². The first-order valence-electron chi connectivity index (χ1n) is 12.1. The third kappa shape index (κ3) is 5.99. The average molecular weight is 504 g/mol. The molecular weight excluding hydrogens is 474 g/mol. The van der Waals surface area contributed by atoms with Gasteiger partial charge in [-0.1, -0.05) is 6.07 Å². The summed E-state index contributed by atoms with van der Waals surface area (Å²) >= 11 is 0. The summed E-state index contributed by atoms with van der Waals surface area (Å²) in [6.45, 7) is 6.67. The Hall–Kier alpha value is -4.15. The summed E-state index contributed by atoms with van der Waals surface area (Å²) in [5.74, 6) is 2.61. The zero-order chi connectivity index (χ0) is 25.6. The Labute approximate surface area is 214 Å². The lowest BCUT2D eigenvalue weighted by molar-refractivity contribution is 0.0322. The second kappa shape index (κ2) is 11.3. The van der Waals surface area contributed by atoms with E-state index in [2.05, 4.69) is 25.5 Å². The van der Waals surface area contributed by atoms with Crippen LogP contribution in [0, 0.1) is 6.92 Å². The molecule has 2 aromatic heterocycles. The molecule has 1 fully saturated rings. The van der Waals surface area contributed by atoms with E-state index in [9.17, 15) is 4.79 Å². The third-order valence-corrected chi connectivity index (χ3v) is 6.04. The average Bonchev–Trinajstić information content (AvgIpc) is 3.24. The molecule has 192 valence electrons. The molecule has 4 aromatic rings. The van der Waals surface area contributed by atoms with Crippen LogP contribution < -0.4 is 20.1 Å². The zero-order valence-corrected chi connectivity index (χ0v) is 20.8. The molecule has 1 aliphatic rings. The Morgan fingerprint density at radius 2 is 1.95 bits per heavy atom. The molecule has 0 radical (unpaired) electrons. The van der Waals surface area contributed by atoms with Gasteiger partial charge in [0.15, 0.2) is 0 Å². The van der Waals surface area contributed by atoms with Crippen molar-refractivity contribution >= 4 is 28.4 Å². The highest BCUT2D eigenvalue weighted by Crippen LogP contribution is 2.31. The van der Waals surface area contributed by atoms with Crippen LogP contribution in [-0.4, -0.2) is 67.3 Å². The van der Waals surface area contributed by atoms with E-state index in [1.165, 1.54) is 6.33 Å². The Morgan fingerprint density at radius 1 is 1.08 bits per heavy atom. The summed E-state index contributed by atoms with van der Waals surface area (Å²) in [6, 6.07) is 14.8. The van der Waals surface area contributed by atoms with Crippen LogP contribution in [0.3, 0.4) is 0 Å². The second-order valence-electron chi connectivity index (χ2n) is 8.57. The van der Waals surface area contributed by atoms with E-state index in [4.69, 9.17) is 18.6 Å². The quantitative estimate of drug-likeness (QED) is 0.348. The maximum absolute atomic E-state index is 12.2. The molecule has 0 bridgehead atoms. The van der Waals surface area contributed by atoms with Gasteiger partial charge in [0, 0.05) is 56.0 Å². The first-order valence-corrected chi connectivity index (χ1v) is 12.1. The van der Waals surface area contributed by atoms with Gasteiger partial charge in [-0.15, -0.1) is 0 Å². The Balaban J connectivity index is 1.22. The number of rotatable bonds is 9. The maximum atomic E-state index is 12.2. The van der Waals surface area contributed by atoms with Crippen molar-refractivity contribution in [2.45, 2.75) is 6.92 Å². The van der Waals surface area contributed by atoms with Crippen molar-refractivity contribution in [3.8, 4) is 17.4 Å². The fourth-order valence-electron chi connectivity index (χ4n) is 4.18. The number of benzene rings is 2. The highest BCUT2D eigenvalue weighted by molar-refractivity contribution is 6.07. The predicted molar refractivity (Wildman–Crippen MR) is 139 cm³/mol. The molecule has 0 aliphatic carbocycles. The summed E-state index contributed by atoms with van der Waals surface area (Å²) in [5, 5.41) is 6.63. The number of morpholine rings is 1. The van der Waals surface area contributed by atoms with Gasteiger partial charge in [0.1, 0.15) is 41.6 Å². The van der Waals surface area contributed by atoms with E-state index in [1.807, 2.05) is 24.3 Å². The summed E-state index contributed by atoms with van der Waals surface area (Å²) in [7, 11) is 1.59. The van der Waals surface area contributed by atoms with Crippen molar-refractivity contribution < 1.29 is 23.4 Å². The third-order valence-electron chi connectivity index (χ3n) is 6.04. The van der Waals surface area contributed by atoms with E-state index in [-0.39, 0.29) is 5.91 Å². The molecule has 0 spiro atoms. The summed E-state index contributed by atoms with van der Waals surface area (Å²) in [5.41, 5.74) is 1.92. The van der Waals surface area contributed by atoms with Gasteiger partial charge in [-0.3, -0.25) is 9.69 Å². The lowest BCUT2D eigenvalue weighted by atomic mass is 10.1. The molecule has 5 rings (SSSR count). The monoisotopic (exact) mass is 503 g/mol. The number of ether oxygens (including phenoxy) is 3. The van der Waals surface area contributed by atoms with Gasteiger partial charge in [0.05, 0.1) is 18.8 Å². The molecule has 0 saturated carbocycles. The highest BCUT2D eigenvalue weighted by Gasteiger charge is 2.18. The van der Waals surface area contributed by atoms with Gasteiger partial charge in [0.2, 0.25) is 5.88 Å². The molecule has 10 heteroatoms. The fourth-order valence-corrected chi connectivity index (χ4v) is 4.18. The van der Waals surface area contributed by atoms with Gasteiger partial charge in [-0.2, -0.15) is 0 Å². The summed E-state index contributed by atoms with van der Waals surface area (Å²) < 4.78 is 23.0. The number of aryl methyl sites for hydroxylation is 1. The Morgan fingerprint density at radius 3 is 2.78 bits per heavy atom. The van der Waals surface area contributed by atoms with Crippen LogP contribution >= 0.6 is 0 Å². The lowest BCUT2D eigenvalue weighted by Crippen LogP contribution is -2.38. The number of carbonyl (C=O) groups is 1. The molecule has 10 nitrogen and oxygen atoms in total. The lowest BCUT2D eigenvalue weighted by Gasteiger charge is -2.26. The normalized spacial score (nSPS) is 13.9. The second-order valence-corrected chi connectivity index (χ2v) is 8.57. The van der Waals surface area contributed by atoms with E-state index < -0.39 is 0 Å². The van der Waals surface area contributed by atoms with Crippen molar-refractivity contribution in [2.24, 2.45) is 0 Å². The molecule has 0 atom stereocenters. The van der Waals surface area contributed by atoms with Crippen LogP contribution in [0.4, 0.5) is 11.5 Å². The molecule has 2 N–H and O–H groups in total. The maximum Gasteiger partial charge on any atom is 0.255 e. The number of anilines is 2. The van der Waals surface area contributed by atoms with Crippen LogP contribution in [0.25, 0.3) is 11.0 Å². The van der Waals surface area contributed by atoms with Gasteiger partial charge in [-0.05, 0) is 31.2 Å². The molecule has 3 heterocycles. The highest BCUT2D eigenvalue weighted by atomic mass is 16.5. The minimum Gasteiger partial charge on any atom is -0.492 e. The number of nitrogens with zero attached hydrogens (tertiary/aromatic N) is 3. The van der Waals surface area contributed by atoms with Crippen LogP contribution in [0.5, 0.6) is 17.4 Å². The van der Waals surface area contributed by atoms with E-state index >= 15 is 0 Å². The number of hydrogen-bond donors (Lipinski definition) is 2. The van der Waals surface area contributed by atoms with Crippen molar-refractivity contribution in [3.63, 3.8) is 0 Å². The first-order chi connectivity index (χ1) is 18.1. The minimum absolute atomic E-state index is 0.192. The molecule has 0 unspecified atom stereocenters. The molecule has 1 amide bonds. The van der Waals surface area contributed by atoms with Crippen molar-refractivity contribution in [1.29, 1.82) is 0 Å².